The molecule has 0 amide bonds. The molecule has 0 bridgehead atoms. The van der Waals surface area contributed by atoms with Crippen LogP contribution in [0.4, 0.5) is 5.95 Å². The normalized spacial score (nSPS) is 11.2. The van der Waals surface area contributed by atoms with Crippen molar-refractivity contribution in [2.24, 2.45) is 5.73 Å². The van der Waals surface area contributed by atoms with Crippen molar-refractivity contribution in [2.45, 2.75) is 26.3 Å². The first-order valence-corrected chi connectivity index (χ1v) is 8.61. The number of rotatable bonds is 7. The average Bonchev–Trinajstić information content (AvgIpc) is 2.90. The molecule has 0 spiro atoms. The van der Waals surface area contributed by atoms with Gasteiger partial charge in [0, 0.05) is 11.6 Å². The highest BCUT2D eigenvalue weighted by Gasteiger charge is 2.12. The number of imidazole rings is 1. The number of aromatic amines is 1. The molecule has 0 aliphatic rings. The third kappa shape index (κ3) is 4.00. The van der Waals surface area contributed by atoms with Crippen LogP contribution in [0.2, 0.25) is 5.02 Å². The summed E-state index contributed by atoms with van der Waals surface area (Å²) in [5.41, 5.74) is 8.50. The number of nitrogens with two attached hydrogens (primary N) is 1. The van der Waals surface area contributed by atoms with Crippen LogP contribution in [0.5, 0.6) is 0 Å². The van der Waals surface area contributed by atoms with Crippen molar-refractivity contribution in [1.82, 2.24) is 19.5 Å². The predicted octanol–water partition coefficient (Wildman–Crippen LogP) is 2.28. The van der Waals surface area contributed by atoms with Crippen molar-refractivity contribution in [3.05, 3.63) is 51.0 Å². The average molecular weight is 361 g/mol. The Balaban J connectivity index is 1.90. The van der Waals surface area contributed by atoms with E-state index < -0.39 is 0 Å². The third-order valence-corrected chi connectivity index (χ3v) is 4.30. The molecular formula is C17H21ClN6O. The lowest BCUT2D eigenvalue weighted by Crippen LogP contribution is -2.18. The fraction of sp³-hybridized carbons (Fsp3) is 0.353. The van der Waals surface area contributed by atoms with Crippen molar-refractivity contribution < 1.29 is 0 Å². The Kier molecular flexibility index (Phi) is 5.35. The smallest absolute Gasteiger partial charge is 0.328 e. The number of aromatic nitrogens is 4. The fourth-order valence-corrected chi connectivity index (χ4v) is 2.82. The number of halogens is 1. The van der Waals surface area contributed by atoms with E-state index in [9.17, 15) is 4.79 Å². The van der Waals surface area contributed by atoms with Crippen molar-refractivity contribution in [3.8, 4) is 0 Å². The summed E-state index contributed by atoms with van der Waals surface area (Å²) in [6.07, 6.45) is 3.51. The van der Waals surface area contributed by atoms with Crippen LogP contribution in [0, 0.1) is 6.92 Å². The van der Waals surface area contributed by atoms with Crippen LogP contribution in [0.15, 0.2) is 29.2 Å². The zero-order chi connectivity index (χ0) is 17.8. The van der Waals surface area contributed by atoms with E-state index in [1.54, 1.807) is 10.8 Å². The first-order valence-electron chi connectivity index (χ1n) is 8.23. The summed E-state index contributed by atoms with van der Waals surface area (Å²) in [6, 6.07) is 5.65. The lowest BCUT2D eigenvalue weighted by Gasteiger charge is -2.08. The van der Waals surface area contributed by atoms with Crippen molar-refractivity contribution in [3.63, 3.8) is 0 Å². The van der Waals surface area contributed by atoms with Crippen LogP contribution in [-0.4, -0.2) is 32.6 Å². The number of fused-ring (bicyclic) bond motifs is 1. The standard InChI is InChI=1S/C17H21ClN6O/c1-11-4-5-13(18)8-12(11)10-24-15-14(22-17(24)25)9-21-16(23-15)20-7-3-2-6-19/h4-5,8-9H,2-3,6-7,10,19H2,1H3,(H,22,25)(H,20,21,23). The summed E-state index contributed by atoms with van der Waals surface area (Å²) < 4.78 is 1.60. The van der Waals surface area contributed by atoms with Gasteiger partial charge in [-0.2, -0.15) is 4.98 Å². The maximum Gasteiger partial charge on any atom is 0.328 e. The highest BCUT2D eigenvalue weighted by Crippen LogP contribution is 2.18. The quantitative estimate of drug-likeness (QED) is 0.561. The van der Waals surface area contributed by atoms with Gasteiger partial charge in [0.15, 0.2) is 5.65 Å². The minimum atomic E-state index is -0.219. The zero-order valence-corrected chi connectivity index (χ0v) is 14.8. The number of H-pyrrole nitrogens is 1. The Hall–Kier alpha value is -2.38. The molecule has 4 N–H and O–H groups in total. The van der Waals surface area contributed by atoms with Crippen LogP contribution in [0.25, 0.3) is 11.2 Å². The molecular weight excluding hydrogens is 340 g/mol. The second kappa shape index (κ2) is 7.67. The molecule has 1 aromatic carbocycles. The van der Waals surface area contributed by atoms with Crippen LogP contribution in [0.1, 0.15) is 24.0 Å². The molecule has 0 unspecified atom stereocenters. The molecule has 0 radical (unpaired) electrons. The summed E-state index contributed by atoms with van der Waals surface area (Å²) in [5, 5.41) is 3.81. The summed E-state index contributed by atoms with van der Waals surface area (Å²) in [7, 11) is 0. The van der Waals surface area contributed by atoms with Gasteiger partial charge < -0.3 is 16.0 Å². The molecule has 2 heterocycles. The number of unbranched alkanes of at least 4 members (excludes halogenated alkanes) is 1. The van der Waals surface area contributed by atoms with Crippen LogP contribution in [0.3, 0.4) is 0 Å². The van der Waals surface area contributed by atoms with E-state index in [1.807, 2.05) is 25.1 Å². The Morgan fingerprint density at radius 2 is 2.20 bits per heavy atom. The minimum Gasteiger partial charge on any atom is -0.354 e. The number of hydrogen-bond acceptors (Lipinski definition) is 5. The van der Waals surface area contributed by atoms with Crippen molar-refractivity contribution in [1.29, 1.82) is 0 Å². The minimum absolute atomic E-state index is 0.219. The van der Waals surface area contributed by atoms with Gasteiger partial charge in [-0.15, -0.1) is 0 Å². The largest absolute Gasteiger partial charge is 0.354 e. The molecule has 8 heteroatoms. The van der Waals surface area contributed by atoms with E-state index in [0.717, 1.165) is 30.5 Å². The molecule has 0 saturated heterocycles. The van der Waals surface area contributed by atoms with E-state index in [1.165, 1.54) is 0 Å². The van der Waals surface area contributed by atoms with Crippen LogP contribution in [-0.2, 0) is 6.54 Å². The molecule has 0 aliphatic carbocycles. The molecule has 132 valence electrons. The van der Waals surface area contributed by atoms with E-state index in [2.05, 4.69) is 20.3 Å². The van der Waals surface area contributed by atoms with E-state index in [0.29, 0.717) is 35.2 Å². The summed E-state index contributed by atoms with van der Waals surface area (Å²) in [5.74, 6) is 0.500. The lowest BCUT2D eigenvalue weighted by atomic mass is 10.1. The van der Waals surface area contributed by atoms with Gasteiger partial charge in [-0.3, -0.25) is 4.57 Å². The number of hydrogen-bond donors (Lipinski definition) is 3. The van der Waals surface area contributed by atoms with Gasteiger partial charge in [-0.05, 0) is 49.6 Å². The number of nitrogens with zero attached hydrogens (tertiary/aromatic N) is 3. The number of nitrogens with one attached hydrogen (secondary N) is 2. The van der Waals surface area contributed by atoms with Gasteiger partial charge in [-0.1, -0.05) is 17.7 Å². The molecule has 0 fully saturated rings. The van der Waals surface area contributed by atoms with Gasteiger partial charge in [0.05, 0.1) is 12.7 Å². The van der Waals surface area contributed by atoms with Gasteiger partial charge in [0.1, 0.15) is 5.52 Å². The Bertz CT molecular complexity index is 933. The second-order valence-corrected chi connectivity index (χ2v) is 6.38. The molecule has 0 saturated carbocycles. The molecule has 0 aliphatic heterocycles. The maximum atomic E-state index is 12.3. The van der Waals surface area contributed by atoms with E-state index >= 15 is 0 Å². The molecule has 7 nitrogen and oxygen atoms in total. The molecule has 2 aromatic heterocycles. The number of aryl methyl sites for hydroxylation is 1. The summed E-state index contributed by atoms with van der Waals surface area (Å²) >= 11 is 6.08. The van der Waals surface area contributed by atoms with Gasteiger partial charge >= 0.3 is 5.69 Å². The summed E-state index contributed by atoms with van der Waals surface area (Å²) in [4.78, 5) is 23.8. The predicted molar refractivity (Wildman–Crippen MR) is 100 cm³/mol. The van der Waals surface area contributed by atoms with Crippen molar-refractivity contribution >= 4 is 28.7 Å². The fourth-order valence-electron chi connectivity index (χ4n) is 2.63. The van der Waals surface area contributed by atoms with E-state index in [4.69, 9.17) is 17.3 Å². The number of anilines is 1. The Labute approximate surface area is 150 Å². The van der Waals surface area contributed by atoms with Gasteiger partial charge in [-0.25, -0.2) is 9.78 Å². The second-order valence-electron chi connectivity index (χ2n) is 5.94. The molecule has 25 heavy (non-hydrogen) atoms. The summed E-state index contributed by atoms with van der Waals surface area (Å²) in [6.45, 7) is 3.79. The SMILES string of the molecule is Cc1ccc(Cl)cc1Cn1c(=O)[nH]c2cnc(NCCCCN)nc21. The van der Waals surface area contributed by atoms with Gasteiger partial charge in [0.25, 0.3) is 0 Å². The molecule has 3 aromatic rings. The van der Waals surface area contributed by atoms with Crippen LogP contribution < -0.4 is 16.7 Å². The van der Waals surface area contributed by atoms with Gasteiger partial charge in [0.2, 0.25) is 5.95 Å². The monoisotopic (exact) mass is 360 g/mol. The van der Waals surface area contributed by atoms with E-state index in [-0.39, 0.29) is 5.69 Å². The molecule has 0 atom stereocenters. The lowest BCUT2D eigenvalue weighted by molar-refractivity contribution is 0.764. The van der Waals surface area contributed by atoms with Crippen LogP contribution >= 0.6 is 11.6 Å². The first-order chi connectivity index (χ1) is 12.1. The Morgan fingerprint density at radius 3 is 3.00 bits per heavy atom. The topological polar surface area (TPSA) is 102 Å². The third-order valence-electron chi connectivity index (χ3n) is 4.06. The number of benzene rings is 1. The highest BCUT2D eigenvalue weighted by molar-refractivity contribution is 6.30. The highest BCUT2D eigenvalue weighted by atomic mass is 35.5. The maximum absolute atomic E-state index is 12.3. The molecule has 3 rings (SSSR count). The zero-order valence-electron chi connectivity index (χ0n) is 14.1. The van der Waals surface area contributed by atoms with Crippen molar-refractivity contribution in [2.75, 3.05) is 18.4 Å². The Morgan fingerprint density at radius 1 is 1.36 bits per heavy atom. The first kappa shape index (κ1) is 17.4.